The minimum atomic E-state index is 1.01. The van der Waals surface area contributed by atoms with Crippen molar-refractivity contribution >= 4 is 38.7 Å². The van der Waals surface area contributed by atoms with Gasteiger partial charge in [0.25, 0.3) is 0 Å². The molecule has 3 heteroatoms. The second-order valence-corrected chi connectivity index (χ2v) is 13.6. The molecule has 0 spiro atoms. The molecule has 0 amide bonds. The first kappa shape index (κ1) is 32.1. The number of aromatic nitrogens is 2. The molecule has 0 fully saturated rings. The zero-order valence-electron chi connectivity index (χ0n) is 29.7. The normalized spacial score (nSPS) is 11.2. The van der Waals surface area contributed by atoms with Crippen LogP contribution in [0.3, 0.4) is 0 Å². The van der Waals surface area contributed by atoms with E-state index < -0.39 is 0 Å². The third kappa shape index (κ3) is 6.03. The Hall–Kier alpha value is -6.84. The summed E-state index contributed by atoms with van der Waals surface area (Å²) in [6.45, 7) is 4.43. The number of fused-ring (bicyclic) bond motifs is 3. The van der Waals surface area contributed by atoms with Gasteiger partial charge in [-0.2, -0.15) is 0 Å². The van der Waals surface area contributed by atoms with Gasteiger partial charge in [0.1, 0.15) is 0 Å². The highest BCUT2D eigenvalue weighted by Crippen LogP contribution is 2.43. The summed E-state index contributed by atoms with van der Waals surface area (Å²) >= 11 is 0. The number of nitrogens with zero attached hydrogens (tertiary/aromatic N) is 3. The van der Waals surface area contributed by atoms with Gasteiger partial charge in [-0.25, -0.2) is 4.98 Å². The summed E-state index contributed by atoms with van der Waals surface area (Å²) in [5, 5.41) is 3.58. The molecule has 0 aliphatic rings. The molecule has 0 atom stereocenters. The fourth-order valence-electron chi connectivity index (χ4n) is 7.62. The smallest absolute Gasteiger partial charge is 0.0788 e. The fourth-order valence-corrected chi connectivity index (χ4v) is 7.62. The lowest BCUT2D eigenvalue weighted by Crippen LogP contribution is -2.11. The summed E-state index contributed by atoms with van der Waals surface area (Å²) in [4.78, 5) is 11.9. The Kier molecular flexibility index (Phi) is 8.30. The Morgan fingerprint density at radius 2 is 1.04 bits per heavy atom. The van der Waals surface area contributed by atoms with Crippen LogP contribution in [-0.2, 0) is 0 Å². The van der Waals surface area contributed by atoms with E-state index in [1.807, 2.05) is 18.5 Å². The Morgan fingerprint density at radius 1 is 0.415 bits per heavy atom. The van der Waals surface area contributed by atoms with E-state index in [1.54, 1.807) is 0 Å². The molecule has 0 aliphatic carbocycles. The monoisotopic (exact) mass is 679 g/mol. The zero-order chi connectivity index (χ0) is 35.7. The minimum Gasteiger partial charge on any atom is -0.310 e. The molecule has 252 valence electrons. The van der Waals surface area contributed by atoms with Crippen LogP contribution in [0.5, 0.6) is 0 Å². The van der Waals surface area contributed by atoms with E-state index in [2.05, 4.69) is 194 Å². The van der Waals surface area contributed by atoms with Crippen molar-refractivity contribution in [2.24, 2.45) is 0 Å². The summed E-state index contributed by atoms with van der Waals surface area (Å²) in [6, 6.07) is 62.8. The van der Waals surface area contributed by atoms with E-state index in [9.17, 15) is 0 Å². The van der Waals surface area contributed by atoms with Gasteiger partial charge in [0, 0.05) is 45.7 Å². The molecule has 9 rings (SSSR count). The molecule has 2 heterocycles. The predicted octanol–water partition coefficient (Wildman–Crippen LogP) is 13.5. The summed E-state index contributed by atoms with van der Waals surface area (Å²) in [5.41, 5.74) is 15.9. The third-order valence-electron chi connectivity index (χ3n) is 10.2. The van der Waals surface area contributed by atoms with E-state index >= 15 is 0 Å². The van der Waals surface area contributed by atoms with Crippen LogP contribution in [0.2, 0.25) is 0 Å². The van der Waals surface area contributed by atoms with E-state index in [0.717, 1.165) is 45.0 Å². The maximum Gasteiger partial charge on any atom is 0.0788 e. The van der Waals surface area contributed by atoms with Crippen LogP contribution in [0.15, 0.2) is 188 Å². The Morgan fingerprint density at radius 3 is 1.79 bits per heavy atom. The highest BCUT2D eigenvalue weighted by Gasteiger charge is 2.19. The number of para-hydroxylation sites is 2. The van der Waals surface area contributed by atoms with Crippen LogP contribution >= 0.6 is 0 Å². The Bertz CT molecular complexity index is 2740. The molecule has 2 aromatic heterocycles. The van der Waals surface area contributed by atoms with Crippen LogP contribution in [0, 0.1) is 13.8 Å². The van der Waals surface area contributed by atoms with Gasteiger partial charge >= 0.3 is 0 Å². The van der Waals surface area contributed by atoms with Crippen LogP contribution in [0.1, 0.15) is 11.1 Å². The minimum absolute atomic E-state index is 1.01. The van der Waals surface area contributed by atoms with Gasteiger partial charge in [-0.1, -0.05) is 127 Å². The maximum absolute atomic E-state index is 5.17. The first-order valence-electron chi connectivity index (χ1n) is 18.1. The third-order valence-corrected chi connectivity index (χ3v) is 10.2. The first-order valence-corrected chi connectivity index (χ1v) is 18.1. The van der Waals surface area contributed by atoms with Crippen molar-refractivity contribution in [1.29, 1.82) is 0 Å². The second kappa shape index (κ2) is 13.7. The van der Waals surface area contributed by atoms with E-state index in [4.69, 9.17) is 4.98 Å². The molecule has 53 heavy (non-hydrogen) atoms. The molecule has 7 aromatic carbocycles. The van der Waals surface area contributed by atoms with Crippen molar-refractivity contribution in [3.05, 3.63) is 199 Å². The molecule has 0 unspecified atom stereocenters. The van der Waals surface area contributed by atoms with Crippen molar-refractivity contribution in [2.45, 2.75) is 13.8 Å². The van der Waals surface area contributed by atoms with E-state index in [1.165, 1.54) is 49.5 Å². The van der Waals surface area contributed by atoms with Gasteiger partial charge in [-0.05, 0) is 107 Å². The summed E-state index contributed by atoms with van der Waals surface area (Å²) in [5.74, 6) is 0. The number of aryl methyl sites for hydroxylation is 2. The molecule has 0 N–H and O–H groups in total. The van der Waals surface area contributed by atoms with Crippen LogP contribution < -0.4 is 4.90 Å². The second-order valence-electron chi connectivity index (χ2n) is 13.6. The number of hydrogen-bond donors (Lipinski definition) is 0. The van der Waals surface area contributed by atoms with Gasteiger partial charge in [0.05, 0.1) is 16.9 Å². The molecule has 0 saturated carbocycles. The number of rotatable bonds is 7. The topological polar surface area (TPSA) is 29.0 Å². The zero-order valence-corrected chi connectivity index (χ0v) is 29.7. The average molecular weight is 680 g/mol. The van der Waals surface area contributed by atoms with E-state index in [0.29, 0.717) is 0 Å². The van der Waals surface area contributed by atoms with Crippen molar-refractivity contribution in [1.82, 2.24) is 9.97 Å². The first-order chi connectivity index (χ1) is 26.1. The molecule has 0 radical (unpaired) electrons. The van der Waals surface area contributed by atoms with Crippen LogP contribution in [0.25, 0.3) is 66.3 Å². The lowest BCUT2D eigenvalue weighted by molar-refractivity contribution is 1.27. The summed E-state index contributed by atoms with van der Waals surface area (Å²) in [6.07, 6.45) is 3.72. The molecule has 9 aromatic rings. The van der Waals surface area contributed by atoms with Gasteiger partial charge in [0.15, 0.2) is 0 Å². The van der Waals surface area contributed by atoms with Gasteiger partial charge < -0.3 is 4.90 Å². The van der Waals surface area contributed by atoms with Crippen LogP contribution in [0.4, 0.5) is 17.1 Å². The predicted molar refractivity (Wildman–Crippen MR) is 223 cm³/mol. The molecule has 3 nitrogen and oxygen atoms in total. The number of hydrogen-bond acceptors (Lipinski definition) is 3. The Balaban J connectivity index is 1.13. The Labute approximate surface area is 310 Å². The molecule has 0 bridgehead atoms. The maximum atomic E-state index is 5.17. The van der Waals surface area contributed by atoms with E-state index in [-0.39, 0.29) is 0 Å². The highest BCUT2D eigenvalue weighted by molar-refractivity contribution is 6.11. The average Bonchev–Trinajstić information content (AvgIpc) is 3.22. The van der Waals surface area contributed by atoms with Crippen molar-refractivity contribution in [3.63, 3.8) is 0 Å². The van der Waals surface area contributed by atoms with Gasteiger partial charge in [-0.15, -0.1) is 0 Å². The number of pyridine rings is 2. The van der Waals surface area contributed by atoms with Crippen LogP contribution in [-0.4, -0.2) is 9.97 Å². The van der Waals surface area contributed by atoms with Gasteiger partial charge in [0.2, 0.25) is 0 Å². The lowest BCUT2D eigenvalue weighted by atomic mass is 9.92. The summed E-state index contributed by atoms with van der Waals surface area (Å²) in [7, 11) is 0. The molecule has 0 aliphatic heterocycles. The van der Waals surface area contributed by atoms with Gasteiger partial charge in [-0.3, -0.25) is 4.98 Å². The number of benzene rings is 7. The fraction of sp³-hybridized carbons (Fsp3) is 0.0400. The highest BCUT2D eigenvalue weighted by atomic mass is 15.1. The SMILES string of the molecule is Cc1cc(-c2nc3ccccc3c3ccccc23)ccc1-c1ccc(N(c2ccc(-c3cccnc3)cc2)c2ccccc2-c2ccccc2)cc1C. The standard InChI is InChI=1S/C50H37N3/c1-34-31-38(50-47-19-7-6-17-45(47)46-18-8-10-20-48(46)52-50)24-28-42(34)43-29-27-41(32-35(43)2)53(40-25-22-36(23-26-40)39-15-12-30-51-33-39)49-21-11-9-16-44(49)37-13-4-3-5-14-37/h3-33H,1-2H3. The molecular weight excluding hydrogens is 643 g/mol. The quantitative estimate of drug-likeness (QED) is 0.157. The summed E-state index contributed by atoms with van der Waals surface area (Å²) < 4.78 is 0. The molecule has 0 saturated heterocycles. The van der Waals surface area contributed by atoms with Crippen molar-refractivity contribution in [3.8, 4) is 44.6 Å². The lowest BCUT2D eigenvalue weighted by Gasteiger charge is -2.29. The van der Waals surface area contributed by atoms with Crippen molar-refractivity contribution < 1.29 is 0 Å². The van der Waals surface area contributed by atoms with Crippen molar-refractivity contribution in [2.75, 3.05) is 4.90 Å². The number of anilines is 3. The molecular formula is C50H37N3. The largest absolute Gasteiger partial charge is 0.310 e.